The Morgan fingerprint density at radius 3 is 2.70 bits per heavy atom. The predicted molar refractivity (Wildman–Crippen MR) is 74.9 cm³/mol. The first-order valence-electron chi connectivity index (χ1n) is 6.26. The van der Waals surface area contributed by atoms with Crippen LogP contribution < -0.4 is 10.1 Å². The summed E-state index contributed by atoms with van der Waals surface area (Å²) >= 11 is 0. The molecule has 0 aliphatic carbocycles. The molecule has 0 radical (unpaired) electrons. The highest BCUT2D eigenvalue weighted by Crippen LogP contribution is 2.13. The number of carbonyl (C=O) groups is 1. The smallest absolute Gasteiger partial charge is 0.273 e. The highest BCUT2D eigenvalue weighted by atomic mass is 16.5. The number of methoxy groups -OCH3 is 1. The predicted octanol–water partition coefficient (Wildman–Crippen LogP) is 1.77. The topological polar surface area (TPSA) is 71.5 Å². The number of rotatable bonds is 5. The molecule has 0 unspecified atom stereocenters. The van der Waals surface area contributed by atoms with Crippen LogP contribution in [0, 0.1) is 0 Å². The molecule has 0 aliphatic rings. The van der Waals surface area contributed by atoms with Crippen LogP contribution in [0.5, 0.6) is 11.5 Å². The lowest BCUT2D eigenvalue weighted by Crippen LogP contribution is -2.26. The highest BCUT2D eigenvalue weighted by molar-refractivity contribution is 5.94. The first-order valence-corrected chi connectivity index (χ1v) is 6.26. The van der Waals surface area contributed by atoms with Crippen molar-refractivity contribution in [1.29, 1.82) is 0 Å². The van der Waals surface area contributed by atoms with Gasteiger partial charge in [-0.05, 0) is 36.2 Å². The van der Waals surface area contributed by atoms with Gasteiger partial charge < -0.3 is 15.2 Å². The van der Waals surface area contributed by atoms with Crippen molar-refractivity contribution in [3.8, 4) is 11.5 Å². The zero-order chi connectivity index (χ0) is 14.4. The third-order valence-corrected chi connectivity index (χ3v) is 2.86. The molecule has 1 heterocycles. The van der Waals surface area contributed by atoms with Crippen molar-refractivity contribution in [3.05, 3.63) is 53.9 Å². The lowest BCUT2D eigenvalue weighted by atomic mass is 10.1. The average Bonchev–Trinajstić information content (AvgIpc) is 2.48. The van der Waals surface area contributed by atoms with Gasteiger partial charge in [-0.1, -0.05) is 12.1 Å². The minimum atomic E-state index is -0.378. The molecule has 104 valence electrons. The number of carbonyl (C=O) groups excluding carboxylic acids is 1. The second-order valence-corrected chi connectivity index (χ2v) is 4.23. The summed E-state index contributed by atoms with van der Waals surface area (Å²) in [6.45, 7) is 0.473. The molecule has 1 aromatic heterocycles. The number of aromatic hydroxyl groups is 1. The Balaban J connectivity index is 1.86. The van der Waals surface area contributed by atoms with Gasteiger partial charge in [-0.25, -0.2) is 4.98 Å². The second-order valence-electron chi connectivity index (χ2n) is 4.23. The molecule has 1 amide bonds. The molecule has 0 atom stereocenters. The van der Waals surface area contributed by atoms with Crippen molar-refractivity contribution in [2.24, 2.45) is 0 Å². The van der Waals surface area contributed by atoms with Gasteiger partial charge in [0.05, 0.1) is 7.11 Å². The van der Waals surface area contributed by atoms with Crippen molar-refractivity contribution in [2.45, 2.75) is 6.42 Å². The van der Waals surface area contributed by atoms with Crippen LogP contribution in [-0.4, -0.2) is 29.7 Å². The van der Waals surface area contributed by atoms with E-state index < -0.39 is 0 Å². The maximum Gasteiger partial charge on any atom is 0.273 e. The minimum Gasteiger partial charge on any atom is -0.505 e. The van der Waals surface area contributed by atoms with E-state index in [1.807, 2.05) is 24.3 Å². The fourth-order valence-corrected chi connectivity index (χ4v) is 1.77. The molecule has 0 bridgehead atoms. The zero-order valence-electron chi connectivity index (χ0n) is 11.2. The van der Waals surface area contributed by atoms with Gasteiger partial charge in [0.15, 0.2) is 5.69 Å². The summed E-state index contributed by atoms with van der Waals surface area (Å²) in [4.78, 5) is 15.7. The quantitative estimate of drug-likeness (QED) is 0.870. The standard InChI is InChI=1S/C15H16N2O3/c1-20-12-6-4-11(5-7-12)8-10-17-15(19)14-13(18)3-2-9-16-14/h2-7,9,18H,8,10H2,1H3,(H,17,19). The van der Waals surface area contributed by atoms with Crippen LogP contribution in [0.15, 0.2) is 42.6 Å². The normalized spacial score (nSPS) is 10.1. The summed E-state index contributed by atoms with van der Waals surface area (Å²) in [5.74, 6) is 0.308. The number of nitrogens with zero attached hydrogens (tertiary/aromatic N) is 1. The number of aromatic nitrogens is 1. The van der Waals surface area contributed by atoms with Gasteiger partial charge in [-0.3, -0.25) is 4.79 Å². The van der Waals surface area contributed by atoms with Crippen LogP contribution in [0.2, 0.25) is 0 Å². The molecule has 0 saturated heterocycles. The maximum atomic E-state index is 11.8. The molecular weight excluding hydrogens is 256 g/mol. The first-order chi connectivity index (χ1) is 9.70. The van der Waals surface area contributed by atoms with Crippen molar-refractivity contribution in [3.63, 3.8) is 0 Å². The van der Waals surface area contributed by atoms with E-state index in [0.717, 1.165) is 11.3 Å². The van der Waals surface area contributed by atoms with Crippen molar-refractivity contribution >= 4 is 5.91 Å². The van der Waals surface area contributed by atoms with Gasteiger partial charge in [0.2, 0.25) is 0 Å². The molecular formula is C15H16N2O3. The fraction of sp³-hybridized carbons (Fsp3) is 0.200. The summed E-state index contributed by atoms with van der Waals surface area (Å²) in [6.07, 6.45) is 2.17. The van der Waals surface area contributed by atoms with Crippen molar-refractivity contribution in [2.75, 3.05) is 13.7 Å². The number of ether oxygens (including phenoxy) is 1. The third-order valence-electron chi connectivity index (χ3n) is 2.86. The fourth-order valence-electron chi connectivity index (χ4n) is 1.77. The Labute approximate surface area is 117 Å². The molecule has 0 fully saturated rings. The van der Waals surface area contributed by atoms with Gasteiger partial charge >= 0.3 is 0 Å². The number of nitrogens with one attached hydrogen (secondary N) is 1. The summed E-state index contributed by atoms with van der Waals surface area (Å²) in [5, 5.41) is 12.2. The van der Waals surface area contributed by atoms with Crippen LogP contribution in [0.4, 0.5) is 0 Å². The Morgan fingerprint density at radius 1 is 1.30 bits per heavy atom. The largest absolute Gasteiger partial charge is 0.505 e. The van der Waals surface area contributed by atoms with E-state index in [1.54, 1.807) is 13.2 Å². The number of hydrogen-bond acceptors (Lipinski definition) is 4. The summed E-state index contributed by atoms with van der Waals surface area (Å²) in [7, 11) is 1.62. The number of amides is 1. The lowest BCUT2D eigenvalue weighted by molar-refractivity contribution is 0.0946. The number of benzene rings is 1. The minimum absolute atomic E-state index is 0.0437. The molecule has 5 heteroatoms. The van der Waals surface area contributed by atoms with E-state index in [4.69, 9.17) is 4.74 Å². The van der Waals surface area contributed by atoms with E-state index in [-0.39, 0.29) is 17.4 Å². The second kappa shape index (κ2) is 6.56. The van der Waals surface area contributed by atoms with E-state index >= 15 is 0 Å². The zero-order valence-corrected chi connectivity index (χ0v) is 11.2. The van der Waals surface area contributed by atoms with Gasteiger partial charge in [0, 0.05) is 12.7 Å². The molecule has 5 nitrogen and oxygen atoms in total. The van der Waals surface area contributed by atoms with Crippen LogP contribution in [-0.2, 0) is 6.42 Å². The Hall–Kier alpha value is -2.56. The molecule has 0 saturated carbocycles. The Morgan fingerprint density at radius 2 is 2.05 bits per heavy atom. The third kappa shape index (κ3) is 3.47. The van der Waals surface area contributed by atoms with Gasteiger partial charge in [-0.15, -0.1) is 0 Å². The molecule has 2 rings (SSSR count). The van der Waals surface area contributed by atoms with Crippen LogP contribution in [0.3, 0.4) is 0 Å². The van der Waals surface area contributed by atoms with E-state index in [1.165, 1.54) is 12.3 Å². The molecule has 1 aromatic carbocycles. The SMILES string of the molecule is COc1ccc(CCNC(=O)c2ncccc2O)cc1. The van der Waals surface area contributed by atoms with Crippen molar-refractivity contribution < 1.29 is 14.6 Å². The van der Waals surface area contributed by atoms with Crippen LogP contribution >= 0.6 is 0 Å². The number of hydrogen-bond donors (Lipinski definition) is 2. The van der Waals surface area contributed by atoms with E-state index in [2.05, 4.69) is 10.3 Å². The Kier molecular flexibility index (Phi) is 4.55. The summed E-state index contributed by atoms with van der Waals surface area (Å²) in [6, 6.07) is 10.7. The number of pyridine rings is 1. The molecule has 0 spiro atoms. The average molecular weight is 272 g/mol. The van der Waals surface area contributed by atoms with E-state index in [9.17, 15) is 9.90 Å². The monoisotopic (exact) mass is 272 g/mol. The highest BCUT2D eigenvalue weighted by Gasteiger charge is 2.10. The first kappa shape index (κ1) is 13.9. The van der Waals surface area contributed by atoms with Crippen LogP contribution in [0.25, 0.3) is 0 Å². The molecule has 2 aromatic rings. The maximum absolute atomic E-state index is 11.8. The Bertz CT molecular complexity index is 582. The van der Waals surface area contributed by atoms with E-state index in [0.29, 0.717) is 13.0 Å². The summed E-state index contributed by atoms with van der Waals surface area (Å²) < 4.78 is 5.08. The van der Waals surface area contributed by atoms with Crippen LogP contribution in [0.1, 0.15) is 16.1 Å². The van der Waals surface area contributed by atoms with Gasteiger partial charge in [0.1, 0.15) is 11.5 Å². The lowest BCUT2D eigenvalue weighted by Gasteiger charge is -2.06. The molecule has 0 aliphatic heterocycles. The molecule has 20 heavy (non-hydrogen) atoms. The van der Waals surface area contributed by atoms with Gasteiger partial charge in [-0.2, -0.15) is 0 Å². The summed E-state index contributed by atoms with van der Waals surface area (Å²) in [5.41, 5.74) is 1.14. The van der Waals surface area contributed by atoms with Crippen molar-refractivity contribution in [1.82, 2.24) is 10.3 Å². The molecule has 2 N–H and O–H groups in total. The van der Waals surface area contributed by atoms with Gasteiger partial charge in [0.25, 0.3) is 5.91 Å².